The normalized spacial score (nSPS) is 17.0. The summed E-state index contributed by atoms with van der Waals surface area (Å²) in [5, 5.41) is -1.00. The van der Waals surface area contributed by atoms with E-state index in [0.29, 0.717) is 12.1 Å². The average molecular weight is 509 g/mol. The number of benzene rings is 1. The molecule has 2 atom stereocenters. The monoisotopic (exact) mass is 508 g/mol. The fraction of sp³-hybridized carbons (Fsp3) is 0.400. The van der Waals surface area contributed by atoms with Crippen molar-refractivity contribution >= 4 is 49.9 Å². The summed E-state index contributed by atoms with van der Waals surface area (Å²) in [5.41, 5.74) is 0. The van der Waals surface area contributed by atoms with E-state index >= 15 is 0 Å². The van der Waals surface area contributed by atoms with Crippen LogP contribution in [-0.2, 0) is 20.2 Å². The molecule has 160 valence electrons. The van der Waals surface area contributed by atoms with Crippen LogP contribution in [0.2, 0.25) is 5.02 Å². The van der Waals surface area contributed by atoms with Gasteiger partial charge in [0, 0.05) is 27.9 Å². The fourth-order valence-electron chi connectivity index (χ4n) is 1.89. The van der Waals surface area contributed by atoms with Crippen LogP contribution in [0.1, 0.15) is 0 Å². The van der Waals surface area contributed by atoms with Gasteiger partial charge in [0.05, 0.1) is 5.02 Å². The predicted molar refractivity (Wildman–Crippen MR) is 88.7 cm³/mol. The topological polar surface area (TPSA) is 74.6 Å². The van der Waals surface area contributed by atoms with Crippen molar-refractivity contribution in [1.82, 2.24) is 0 Å². The van der Waals surface area contributed by atoms with Crippen LogP contribution in [0.25, 0.3) is 0 Å². The van der Waals surface area contributed by atoms with Gasteiger partial charge >= 0.3 is 0 Å². The van der Waals surface area contributed by atoms with Crippen molar-refractivity contribution in [1.29, 1.82) is 0 Å². The molecule has 0 saturated heterocycles. The Balaban J connectivity index is 3.97. The molecule has 2 N–H and O–H groups in total. The van der Waals surface area contributed by atoms with Gasteiger partial charge < -0.3 is 0 Å². The van der Waals surface area contributed by atoms with E-state index in [1.807, 2.05) is 0 Å². The summed E-state index contributed by atoms with van der Waals surface area (Å²) in [7, 11) is -18.5. The zero-order valence-corrected chi connectivity index (χ0v) is 16.3. The first-order chi connectivity index (χ1) is 12.3. The lowest BCUT2D eigenvalue weighted by molar-refractivity contribution is 0.209. The summed E-state index contributed by atoms with van der Waals surface area (Å²) < 4.78 is 148. The molecule has 17 heteroatoms. The highest BCUT2D eigenvalue weighted by Gasteiger charge is 2.54. The van der Waals surface area contributed by atoms with E-state index in [1.54, 1.807) is 0 Å². The molecular formula is C10H9ClF8O4S4. The highest BCUT2D eigenvalue weighted by atomic mass is 35.5. The molecule has 1 rings (SSSR count). The molecule has 0 radical (unpaired) electrons. The lowest BCUT2D eigenvalue weighted by atomic mass is 10.4. The molecule has 2 unspecified atom stereocenters. The Morgan fingerprint density at radius 3 is 1.44 bits per heavy atom. The quantitative estimate of drug-likeness (QED) is 0.263. The van der Waals surface area contributed by atoms with E-state index in [9.17, 15) is 43.5 Å². The Bertz CT molecular complexity index is 721. The van der Waals surface area contributed by atoms with Crippen molar-refractivity contribution in [3.63, 3.8) is 0 Å². The molecule has 0 spiro atoms. The number of alkyl halides is 8. The third-order valence-electron chi connectivity index (χ3n) is 3.15. The molecule has 0 aliphatic heterocycles. The maximum atomic E-state index is 13.4. The summed E-state index contributed by atoms with van der Waals surface area (Å²) in [6, 6.07) is 0.700. The molecule has 4 nitrogen and oxygen atoms in total. The van der Waals surface area contributed by atoms with Gasteiger partial charge in [-0.05, 0) is 18.2 Å². The van der Waals surface area contributed by atoms with Crippen molar-refractivity contribution in [3.05, 3.63) is 23.2 Å². The van der Waals surface area contributed by atoms with Gasteiger partial charge in [0.2, 0.25) is 20.2 Å². The highest BCUT2D eigenvalue weighted by molar-refractivity contribution is 8.87. The standard InChI is InChI=1S/C10H9ClF8O4S4/c11-5-2-1-4(26(7(12)13,8(14)15)24(20)21)3-6(5)27(9(16)17,10(18)19)25(22)23/h1-3,7-10H,(H,20,21)(H,22,23). The van der Waals surface area contributed by atoms with Crippen molar-refractivity contribution < 1.29 is 52.6 Å². The molecule has 27 heavy (non-hydrogen) atoms. The molecule has 0 aliphatic carbocycles. The van der Waals surface area contributed by atoms with Crippen LogP contribution >= 0.6 is 29.7 Å². The Hall–Kier alpha value is -0.130. The SMILES string of the molecule is O=S(O)S(c1ccc(Cl)c(S(C(F)F)(C(F)F)S(=O)O)c1)(C(F)F)C(F)F. The third-order valence-corrected chi connectivity index (χ3v) is 14.4. The fourth-order valence-corrected chi connectivity index (χ4v) is 8.96. The molecule has 0 amide bonds. The Kier molecular flexibility index (Phi) is 8.42. The van der Waals surface area contributed by atoms with E-state index in [-0.39, 0.29) is 6.07 Å². The number of hydrogen-bond donors (Lipinski definition) is 2. The van der Waals surface area contributed by atoms with Crippen molar-refractivity contribution in [2.45, 2.75) is 32.8 Å². The number of rotatable bonds is 8. The molecule has 1 aromatic rings. The van der Waals surface area contributed by atoms with Crippen LogP contribution < -0.4 is 0 Å². The first-order valence-electron chi connectivity index (χ1n) is 6.06. The average Bonchev–Trinajstić information content (AvgIpc) is 2.48. The maximum absolute atomic E-state index is 13.4. The molecule has 0 aliphatic rings. The van der Waals surface area contributed by atoms with Gasteiger partial charge in [-0.15, -0.1) is 0 Å². The molecule has 0 saturated carbocycles. The van der Waals surface area contributed by atoms with Gasteiger partial charge in [-0.3, -0.25) is 9.11 Å². The van der Waals surface area contributed by atoms with Gasteiger partial charge in [-0.1, -0.05) is 11.6 Å². The predicted octanol–water partition coefficient (Wildman–Crippen LogP) is 5.83. The van der Waals surface area contributed by atoms with E-state index in [4.69, 9.17) is 20.7 Å². The summed E-state index contributed by atoms with van der Waals surface area (Å²) >= 11 is 5.51. The van der Waals surface area contributed by atoms with E-state index in [1.165, 1.54) is 0 Å². The van der Waals surface area contributed by atoms with Gasteiger partial charge in [0.1, 0.15) is 0 Å². The molecule has 1 aromatic carbocycles. The minimum atomic E-state index is -5.34. The Morgan fingerprint density at radius 2 is 1.15 bits per heavy atom. The second-order valence-electron chi connectivity index (χ2n) is 4.36. The zero-order chi connectivity index (χ0) is 21.3. The van der Waals surface area contributed by atoms with Crippen LogP contribution in [-0.4, -0.2) is 40.6 Å². The maximum Gasteiger partial charge on any atom is 0.289 e. The number of halogens is 9. The molecule has 0 bridgehead atoms. The van der Waals surface area contributed by atoms with Gasteiger partial charge in [-0.2, -0.15) is 35.1 Å². The van der Waals surface area contributed by atoms with Crippen molar-refractivity contribution in [2.75, 3.05) is 0 Å². The minimum absolute atomic E-state index is 0.0636. The zero-order valence-electron chi connectivity index (χ0n) is 12.3. The van der Waals surface area contributed by atoms with Gasteiger partial charge in [0.25, 0.3) is 23.0 Å². The Morgan fingerprint density at radius 1 is 0.778 bits per heavy atom. The molecule has 0 fully saturated rings. The summed E-state index contributed by atoms with van der Waals surface area (Å²) in [5.74, 6) is -16.7. The number of hydrogen-bond acceptors (Lipinski definition) is 2. The van der Waals surface area contributed by atoms with E-state index in [0.717, 1.165) is 0 Å². The second kappa shape index (κ2) is 9.13. The summed E-state index contributed by atoms with van der Waals surface area (Å²) in [4.78, 5) is -2.90. The van der Waals surface area contributed by atoms with E-state index in [2.05, 4.69) is 0 Å². The summed E-state index contributed by atoms with van der Waals surface area (Å²) in [6.07, 6.45) is 0. The van der Waals surface area contributed by atoms with Gasteiger partial charge in [0.15, 0.2) is 0 Å². The van der Waals surface area contributed by atoms with Crippen molar-refractivity contribution in [3.8, 4) is 0 Å². The molecular weight excluding hydrogens is 500 g/mol. The largest absolute Gasteiger partial charge is 0.298 e. The first kappa shape index (κ1) is 24.9. The van der Waals surface area contributed by atoms with Crippen LogP contribution in [0.4, 0.5) is 35.1 Å². The van der Waals surface area contributed by atoms with E-state index < -0.39 is 76.2 Å². The first-order valence-corrected chi connectivity index (χ1v) is 13.2. The van der Waals surface area contributed by atoms with Crippen LogP contribution in [0, 0.1) is 0 Å². The lowest BCUT2D eigenvalue weighted by Crippen LogP contribution is -2.25. The summed E-state index contributed by atoms with van der Waals surface area (Å²) in [6.45, 7) is 0. The van der Waals surface area contributed by atoms with Gasteiger partial charge in [-0.25, -0.2) is 8.42 Å². The minimum Gasteiger partial charge on any atom is -0.298 e. The van der Waals surface area contributed by atoms with Crippen molar-refractivity contribution in [2.24, 2.45) is 0 Å². The smallest absolute Gasteiger partial charge is 0.289 e. The van der Waals surface area contributed by atoms with Crippen LogP contribution in [0.3, 0.4) is 0 Å². The van der Waals surface area contributed by atoms with Crippen LogP contribution in [0.5, 0.6) is 0 Å². The second-order valence-corrected chi connectivity index (χ2v) is 15.6. The van der Waals surface area contributed by atoms with Crippen LogP contribution in [0.15, 0.2) is 28.0 Å². The highest BCUT2D eigenvalue weighted by Crippen LogP contribution is 2.72. The Labute approximate surface area is 158 Å². The lowest BCUT2D eigenvalue weighted by Gasteiger charge is -2.38. The third kappa shape index (κ3) is 3.98. The molecule has 0 aromatic heterocycles. The molecule has 0 heterocycles.